The Bertz CT molecular complexity index is 352. The minimum atomic E-state index is -0.426. The molecule has 3 rings (SSSR count). The Morgan fingerprint density at radius 1 is 0.938 bits per heavy atom. The lowest BCUT2D eigenvalue weighted by Crippen LogP contribution is -2.39. The lowest BCUT2D eigenvalue weighted by molar-refractivity contribution is -0.0237. The van der Waals surface area contributed by atoms with Crippen molar-refractivity contribution in [2.24, 2.45) is 5.92 Å². The van der Waals surface area contributed by atoms with Crippen molar-refractivity contribution in [2.45, 2.75) is 50.5 Å². The van der Waals surface area contributed by atoms with Gasteiger partial charge in [-0.25, -0.2) is 0 Å². The van der Waals surface area contributed by atoms with Gasteiger partial charge in [-0.05, 0) is 29.9 Å². The van der Waals surface area contributed by atoms with E-state index in [0.29, 0.717) is 5.92 Å². The maximum atomic E-state index is 10.8. The summed E-state index contributed by atoms with van der Waals surface area (Å²) in [6, 6.07) is 8.53. The summed E-state index contributed by atoms with van der Waals surface area (Å²) in [6.45, 7) is 0. The minimum Gasteiger partial charge on any atom is -0.389 e. The zero-order valence-electron chi connectivity index (χ0n) is 9.78. The third-order valence-electron chi connectivity index (χ3n) is 4.48. The van der Waals surface area contributed by atoms with Gasteiger partial charge in [-0.15, -0.1) is 0 Å². The molecular weight excluding hydrogens is 196 g/mol. The van der Waals surface area contributed by atoms with Crippen molar-refractivity contribution in [2.75, 3.05) is 0 Å². The van der Waals surface area contributed by atoms with E-state index in [0.717, 1.165) is 12.8 Å². The van der Waals surface area contributed by atoms with Gasteiger partial charge in [0.25, 0.3) is 0 Å². The van der Waals surface area contributed by atoms with Crippen molar-refractivity contribution >= 4 is 0 Å². The minimum absolute atomic E-state index is 0.426. The van der Waals surface area contributed by atoms with E-state index >= 15 is 0 Å². The summed E-state index contributed by atoms with van der Waals surface area (Å²) in [4.78, 5) is 0. The lowest BCUT2D eigenvalue weighted by atomic mass is 9.75. The molecule has 1 heteroatoms. The van der Waals surface area contributed by atoms with Crippen molar-refractivity contribution in [3.05, 3.63) is 35.4 Å². The Labute approximate surface area is 97.5 Å². The van der Waals surface area contributed by atoms with E-state index in [1.807, 2.05) is 0 Å². The first-order valence-corrected chi connectivity index (χ1v) is 6.57. The molecule has 1 N–H and O–H groups in total. The van der Waals surface area contributed by atoms with Crippen LogP contribution in [-0.4, -0.2) is 10.7 Å². The monoisotopic (exact) mass is 216 g/mol. The quantitative estimate of drug-likeness (QED) is 0.765. The fraction of sp³-hybridized carbons (Fsp3) is 0.600. The third kappa shape index (κ3) is 1.67. The van der Waals surface area contributed by atoms with Crippen molar-refractivity contribution in [1.82, 2.24) is 0 Å². The highest BCUT2D eigenvalue weighted by Gasteiger charge is 2.41. The highest BCUT2D eigenvalue weighted by molar-refractivity contribution is 5.35. The molecule has 0 heterocycles. The van der Waals surface area contributed by atoms with Gasteiger partial charge in [-0.2, -0.15) is 0 Å². The van der Waals surface area contributed by atoms with Crippen LogP contribution in [0, 0.1) is 5.92 Å². The molecule has 0 saturated heterocycles. The maximum Gasteiger partial charge on any atom is 0.0756 e. The molecular formula is C15H20O. The average Bonchev–Trinajstić information content (AvgIpc) is 2.68. The first kappa shape index (κ1) is 10.3. The Hall–Kier alpha value is -0.820. The second-order valence-electron chi connectivity index (χ2n) is 5.56. The normalized spacial score (nSPS) is 24.3. The molecule has 0 amide bonds. The standard InChI is InChI=1S/C15H20O/c16-15(14-8-2-1-3-9-14)10-12-6-4-5-7-13(12)11-15/h4-7,14,16H,1-3,8-11H2. The molecule has 2 aliphatic rings. The van der Waals surface area contributed by atoms with Crippen LogP contribution in [-0.2, 0) is 12.8 Å². The summed E-state index contributed by atoms with van der Waals surface area (Å²) in [5.41, 5.74) is 2.32. The first-order valence-electron chi connectivity index (χ1n) is 6.57. The number of benzene rings is 1. The third-order valence-corrected chi connectivity index (χ3v) is 4.48. The maximum absolute atomic E-state index is 10.8. The number of hydrogen-bond donors (Lipinski definition) is 1. The van der Waals surface area contributed by atoms with Gasteiger partial charge in [0.1, 0.15) is 0 Å². The Kier molecular flexibility index (Phi) is 2.51. The van der Waals surface area contributed by atoms with E-state index in [4.69, 9.17) is 0 Å². The summed E-state index contributed by atoms with van der Waals surface area (Å²) in [5.74, 6) is 0.536. The molecule has 0 radical (unpaired) electrons. The van der Waals surface area contributed by atoms with E-state index in [2.05, 4.69) is 24.3 Å². The molecule has 2 aliphatic carbocycles. The van der Waals surface area contributed by atoms with Crippen LogP contribution in [0.5, 0.6) is 0 Å². The number of hydrogen-bond acceptors (Lipinski definition) is 1. The molecule has 0 aliphatic heterocycles. The van der Waals surface area contributed by atoms with E-state index in [-0.39, 0.29) is 0 Å². The average molecular weight is 216 g/mol. The van der Waals surface area contributed by atoms with Crippen molar-refractivity contribution in [3.8, 4) is 0 Å². The van der Waals surface area contributed by atoms with Gasteiger partial charge in [0.05, 0.1) is 5.60 Å². The Morgan fingerprint density at radius 2 is 1.50 bits per heavy atom. The van der Waals surface area contributed by atoms with E-state index in [1.54, 1.807) is 0 Å². The second-order valence-corrected chi connectivity index (χ2v) is 5.56. The highest BCUT2D eigenvalue weighted by atomic mass is 16.3. The topological polar surface area (TPSA) is 20.2 Å². The van der Waals surface area contributed by atoms with Gasteiger partial charge in [0, 0.05) is 12.8 Å². The Balaban J connectivity index is 1.82. The van der Waals surface area contributed by atoms with Crippen molar-refractivity contribution in [1.29, 1.82) is 0 Å². The SMILES string of the molecule is OC1(C2CCCCC2)Cc2ccccc2C1. The zero-order chi connectivity index (χ0) is 11.0. The molecule has 86 valence electrons. The van der Waals surface area contributed by atoms with Gasteiger partial charge in [0.2, 0.25) is 0 Å². The predicted octanol–water partition coefficient (Wildman–Crippen LogP) is 3.10. The molecule has 1 aromatic rings. The van der Waals surface area contributed by atoms with Crippen LogP contribution in [0.4, 0.5) is 0 Å². The van der Waals surface area contributed by atoms with E-state index in [1.165, 1.54) is 43.2 Å². The molecule has 1 nitrogen and oxygen atoms in total. The fourth-order valence-electron chi connectivity index (χ4n) is 3.55. The number of aliphatic hydroxyl groups is 1. The number of rotatable bonds is 1. The lowest BCUT2D eigenvalue weighted by Gasteiger charge is -2.35. The van der Waals surface area contributed by atoms with Gasteiger partial charge in [0.15, 0.2) is 0 Å². The van der Waals surface area contributed by atoms with Crippen LogP contribution in [0.25, 0.3) is 0 Å². The summed E-state index contributed by atoms with van der Waals surface area (Å²) in [6.07, 6.45) is 8.20. The van der Waals surface area contributed by atoms with Crippen molar-refractivity contribution < 1.29 is 5.11 Å². The molecule has 1 fully saturated rings. The smallest absolute Gasteiger partial charge is 0.0756 e. The highest BCUT2D eigenvalue weighted by Crippen LogP contribution is 2.41. The van der Waals surface area contributed by atoms with Crippen LogP contribution in [0.1, 0.15) is 43.2 Å². The van der Waals surface area contributed by atoms with Gasteiger partial charge in [-0.1, -0.05) is 43.5 Å². The second kappa shape index (κ2) is 3.89. The molecule has 16 heavy (non-hydrogen) atoms. The summed E-state index contributed by atoms with van der Waals surface area (Å²) < 4.78 is 0. The largest absolute Gasteiger partial charge is 0.389 e. The molecule has 1 saturated carbocycles. The summed E-state index contributed by atoms with van der Waals surface area (Å²) in [5, 5.41) is 10.8. The molecule has 0 spiro atoms. The molecule has 0 bridgehead atoms. The van der Waals surface area contributed by atoms with Crippen LogP contribution >= 0.6 is 0 Å². The van der Waals surface area contributed by atoms with Crippen LogP contribution in [0.3, 0.4) is 0 Å². The number of fused-ring (bicyclic) bond motifs is 1. The molecule has 0 unspecified atom stereocenters. The summed E-state index contributed by atoms with van der Waals surface area (Å²) >= 11 is 0. The Morgan fingerprint density at radius 3 is 2.06 bits per heavy atom. The predicted molar refractivity (Wildman–Crippen MR) is 65.4 cm³/mol. The first-order chi connectivity index (χ1) is 7.78. The van der Waals surface area contributed by atoms with Gasteiger partial charge < -0.3 is 5.11 Å². The van der Waals surface area contributed by atoms with Gasteiger partial charge in [-0.3, -0.25) is 0 Å². The molecule has 0 atom stereocenters. The summed E-state index contributed by atoms with van der Waals surface area (Å²) in [7, 11) is 0. The fourth-order valence-corrected chi connectivity index (χ4v) is 3.55. The van der Waals surface area contributed by atoms with E-state index < -0.39 is 5.60 Å². The zero-order valence-corrected chi connectivity index (χ0v) is 9.78. The molecule has 0 aromatic heterocycles. The van der Waals surface area contributed by atoms with Crippen molar-refractivity contribution in [3.63, 3.8) is 0 Å². The van der Waals surface area contributed by atoms with Crippen LogP contribution in [0.15, 0.2) is 24.3 Å². The van der Waals surface area contributed by atoms with Crippen LogP contribution < -0.4 is 0 Å². The van der Waals surface area contributed by atoms with Crippen LogP contribution in [0.2, 0.25) is 0 Å². The van der Waals surface area contributed by atoms with Gasteiger partial charge >= 0.3 is 0 Å². The van der Waals surface area contributed by atoms with E-state index in [9.17, 15) is 5.11 Å². The molecule has 1 aromatic carbocycles.